The molecule has 2 N–H and O–H groups in total. The number of hydrogen-bond donors (Lipinski definition) is 2. The maximum absolute atomic E-state index is 11.9. The SMILES string of the molecule is COc1ccccc1CC(=O)NNC(=O)c1cccc([N+](=O)[O-])c1. The molecule has 2 aromatic carbocycles. The van der Waals surface area contributed by atoms with Crippen molar-refractivity contribution in [3.05, 3.63) is 69.8 Å². The van der Waals surface area contributed by atoms with Crippen molar-refractivity contribution < 1.29 is 19.2 Å². The van der Waals surface area contributed by atoms with E-state index in [4.69, 9.17) is 4.74 Å². The Morgan fingerprint density at radius 2 is 1.88 bits per heavy atom. The molecule has 0 unspecified atom stereocenters. The number of rotatable bonds is 5. The Kier molecular flexibility index (Phi) is 5.45. The number of hydrogen-bond acceptors (Lipinski definition) is 5. The molecule has 2 amide bonds. The number of ether oxygens (including phenoxy) is 1. The largest absolute Gasteiger partial charge is 0.496 e. The van der Waals surface area contributed by atoms with Gasteiger partial charge in [0.15, 0.2) is 0 Å². The smallest absolute Gasteiger partial charge is 0.270 e. The Morgan fingerprint density at radius 1 is 1.12 bits per heavy atom. The molecule has 0 bridgehead atoms. The zero-order valence-corrected chi connectivity index (χ0v) is 12.8. The van der Waals surface area contributed by atoms with Crippen molar-refractivity contribution in [2.75, 3.05) is 7.11 Å². The highest BCUT2D eigenvalue weighted by molar-refractivity contribution is 5.96. The summed E-state index contributed by atoms with van der Waals surface area (Å²) in [5.74, 6) is -0.525. The van der Waals surface area contributed by atoms with Crippen molar-refractivity contribution >= 4 is 17.5 Å². The summed E-state index contributed by atoms with van der Waals surface area (Å²) in [7, 11) is 1.50. The molecule has 2 aromatic rings. The monoisotopic (exact) mass is 329 g/mol. The molecule has 0 spiro atoms. The number of non-ortho nitro benzene ring substituents is 1. The maximum atomic E-state index is 11.9. The van der Waals surface area contributed by atoms with Crippen LogP contribution in [-0.4, -0.2) is 23.8 Å². The number of amides is 2. The molecule has 0 saturated carbocycles. The van der Waals surface area contributed by atoms with Crippen LogP contribution < -0.4 is 15.6 Å². The second-order valence-corrected chi connectivity index (χ2v) is 4.80. The van der Waals surface area contributed by atoms with Gasteiger partial charge in [0.2, 0.25) is 5.91 Å². The fourth-order valence-corrected chi connectivity index (χ4v) is 2.03. The summed E-state index contributed by atoms with van der Waals surface area (Å²) >= 11 is 0. The molecule has 124 valence electrons. The van der Waals surface area contributed by atoms with Crippen LogP contribution in [0.15, 0.2) is 48.5 Å². The number of nitrogens with one attached hydrogen (secondary N) is 2. The summed E-state index contributed by atoms with van der Waals surface area (Å²) in [5, 5.41) is 10.7. The quantitative estimate of drug-likeness (QED) is 0.639. The molecular weight excluding hydrogens is 314 g/mol. The summed E-state index contributed by atoms with van der Waals surface area (Å²) in [5.41, 5.74) is 5.02. The number of hydrazine groups is 1. The van der Waals surface area contributed by atoms with Crippen LogP contribution in [0.2, 0.25) is 0 Å². The molecule has 0 aliphatic carbocycles. The van der Waals surface area contributed by atoms with Gasteiger partial charge in [0.25, 0.3) is 11.6 Å². The average molecular weight is 329 g/mol. The molecular formula is C16H15N3O5. The van der Waals surface area contributed by atoms with Gasteiger partial charge in [-0.25, -0.2) is 0 Å². The van der Waals surface area contributed by atoms with E-state index in [1.54, 1.807) is 24.3 Å². The third-order valence-corrected chi connectivity index (χ3v) is 3.18. The van der Waals surface area contributed by atoms with Gasteiger partial charge in [-0.05, 0) is 12.1 Å². The molecule has 0 radical (unpaired) electrons. The van der Waals surface area contributed by atoms with Crippen molar-refractivity contribution in [2.45, 2.75) is 6.42 Å². The van der Waals surface area contributed by atoms with Gasteiger partial charge in [-0.2, -0.15) is 0 Å². The third-order valence-electron chi connectivity index (χ3n) is 3.18. The van der Waals surface area contributed by atoms with Gasteiger partial charge in [0.1, 0.15) is 5.75 Å². The zero-order chi connectivity index (χ0) is 17.5. The van der Waals surface area contributed by atoms with Crippen LogP contribution in [0.1, 0.15) is 15.9 Å². The summed E-state index contributed by atoms with van der Waals surface area (Å²) in [6.45, 7) is 0. The first kappa shape index (κ1) is 16.9. The van der Waals surface area contributed by atoms with Crippen LogP contribution in [0, 0.1) is 10.1 Å². The van der Waals surface area contributed by atoms with Crippen molar-refractivity contribution in [1.82, 2.24) is 10.9 Å². The van der Waals surface area contributed by atoms with Crippen molar-refractivity contribution in [1.29, 1.82) is 0 Å². The lowest BCUT2D eigenvalue weighted by Crippen LogP contribution is -2.42. The highest BCUT2D eigenvalue weighted by Gasteiger charge is 2.13. The maximum Gasteiger partial charge on any atom is 0.270 e. The minimum absolute atomic E-state index is 0.0131. The van der Waals surface area contributed by atoms with Crippen LogP contribution in [0.25, 0.3) is 0 Å². The molecule has 0 aliphatic rings. The lowest BCUT2D eigenvalue weighted by Gasteiger charge is -2.09. The van der Waals surface area contributed by atoms with Gasteiger partial charge in [0.05, 0.1) is 18.5 Å². The summed E-state index contributed by atoms with van der Waals surface area (Å²) in [6.07, 6.45) is 0.0131. The van der Waals surface area contributed by atoms with Gasteiger partial charge in [0, 0.05) is 23.3 Å². The van der Waals surface area contributed by atoms with E-state index < -0.39 is 16.7 Å². The lowest BCUT2D eigenvalue weighted by molar-refractivity contribution is -0.384. The van der Waals surface area contributed by atoms with Gasteiger partial charge < -0.3 is 4.74 Å². The van der Waals surface area contributed by atoms with Gasteiger partial charge in [-0.1, -0.05) is 24.3 Å². The average Bonchev–Trinajstić information content (AvgIpc) is 2.60. The van der Waals surface area contributed by atoms with E-state index in [0.717, 1.165) is 6.07 Å². The minimum Gasteiger partial charge on any atom is -0.496 e. The third kappa shape index (κ3) is 4.29. The Bertz CT molecular complexity index is 776. The summed E-state index contributed by atoms with van der Waals surface area (Å²) in [4.78, 5) is 33.9. The highest BCUT2D eigenvalue weighted by Crippen LogP contribution is 2.17. The predicted molar refractivity (Wildman–Crippen MR) is 85.4 cm³/mol. The standard InChI is InChI=1S/C16H15N3O5/c1-24-14-8-3-2-5-11(14)10-15(20)17-18-16(21)12-6-4-7-13(9-12)19(22)23/h2-9H,10H2,1H3,(H,17,20)(H,18,21). The fraction of sp³-hybridized carbons (Fsp3) is 0.125. The normalized spacial score (nSPS) is 9.88. The summed E-state index contributed by atoms with van der Waals surface area (Å²) in [6, 6.07) is 12.2. The summed E-state index contributed by atoms with van der Waals surface area (Å²) < 4.78 is 5.15. The first-order valence-corrected chi connectivity index (χ1v) is 6.97. The van der Waals surface area contributed by atoms with E-state index in [0.29, 0.717) is 11.3 Å². The Hall–Kier alpha value is -3.42. The van der Waals surface area contributed by atoms with E-state index in [1.165, 1.54) is 25.3 Å². The van der Waals surface area contributed by atoms with Crippen LogP contribution in [-0.2, 0) is 11.2 Å². The topological polar surface area (TPSA) is 111 Å². The van der Waals surface area contributed by atoms with Gasteiger partial charge in [-0.3, -0.25) is 30.6 Å². The predicted octanol–water partition coefficient (Wildman–Crippen LogP) is 1.61. The minimum atomic E-state index is -0.646. The molecule has 0 aromatic heterocycles. The Balaban J connectivity index is 1.95. The number of nitro groups is 1. The molecule has 8 heteroatoms. The number of benzene rings is 2. The first-order valence-electron chi connectivity index (χ1n) is 6.97. The Morgan fingerprint density at radius 3 is 2.58 bits per heavy atom. The van der Waals surface area contributed by atoms with Crippen molar-refractivity contribution in [2.24, 2.45) is 0 Å². The number of nitro benzene ring substituents is 1. The van der Waals surface area contributed by atoms with E-state index in [-0.39, 0.29) is 17.7 Å². The second-order valence-electron chi connectivity index (χ2n) is 4.80. The molecule has 0 fully saturated rings. The van der Waals surface area contributed by atoms with Crippen LogP contribution >= 0.6 is 0 Å². The van der Waals surface area contributed by atoms with Gasteiger partial charge in [-0.15, -0.1) is 0 Å². The van der Waals surface area contributed by atoms with Crippen LogP contribution in [0.3, 0.4) is 0 Å². The fourth-order valence-electron chi connectivity index (χ4n) is 2.03. The number of carbonyl (C=O) groups excluding carboxylic acids is 2. The van der Waals surface area contributed by atoms with Crippen molar-refractivity contribution in [3.8, 4) is 5.75 Å². The number of para-hydroxylation sites is 1. The van der Waals surface area contributed by atoms with Crippen molar-refractivity contribution in [3.63, 3.8) is 0 Å². The van der Waals surface area contributed by atoms with Gasteiger partial charge >= 0.3 is 0 Å². The molecule has 0 heterocycles. The highest BCUT2D eigenvalue weighted by atomic mass is 16.6. The second kappa shape index (κ2) is 7.73. The van der Waals surface area contributed by atoms with E-state index >= 15 is 0 Å². The Labute approximate surface area is 137 Å². The molecule has 0 saturated heterocycles. The first-order chi connectivity index (χ1) is 11.5. The number of carbonyl (C=O) groups is 2. The molecule has 24 heavy (non-hydrogen) atoms. The number of methoxy groups -OCH3 is 1. The molecule has 8 nitrogen and oxygen atoms in total. The van der Waals surface area contributed by atoms with E-state index in [2.05, 4.69) is 10.9 Å². The molecule has 2 rings (SSSR count). The van der Waals surface area contributed by atoms with Crippen LogP contribution in [0.4, 0.5) is 5.69 Å². The molecule has 0 atom stereocenters. The number of nitrogens with zero attached hydrogens (tertiary/aromatic N) is 1. The van der Waals surface area contributed by atoms with E-state index in [1.807, 2.05) is 0 Å². The lowest BCUT2D eigenvalue weighted by atomic mass is 10.1. The van der Waals surface area contributed by atoms with E-state index in [9.17, 15) is 19.7 Å². The molecule has 0 aliphatic heterocycles. The zero-order valence-electron chi connectivity index (χ0n) is 12.8. The van der Waals surface area contributed by atoms with Crippen LogP contribution in [0.5, 0.6) is 5.75 Å².